The zero-order valence-corrected chi connectivity index (χ0v) is 12.0. The Morgan fingerprint density at radius 2 is 2.00 bits per heavy atom. The van der Waals surface area contributed by atoms with Crippen LogP contribution >= 0.6 is 0 Å². The van der Waals surface area contributed by atoms with Crippen LogP contribution < -0.4 is 4.72 Å². The molecule has 0 amide bonds. The van der Waals surface area contributed by atoms with Gasteiger partial charge in [0.05, 0.1) is 4.90 Å². The third-order valence-corrected chi connectivity index (χ3v) is 5.95. The van der Waals surface area contributed by atoms with Crippen LogP contribution in [-0.4, -0.2) is 38.5 Å². The van der Waals surface area contributed by atoms with E-state index in [1.165, 1.54) is 6.42 Å². The van der Waals surface area contributed by atoms with Crippen LogP contribution in [0.3, 0.4) is 0 Å². The van der Waals surface area contributed by atoms with Gasteiger partial charge in [0.25, 0.3) is 0 Å². The fraction of sp³-hybridized carbons (Fsp3) is 0.571. The Kier molecular flexibility index (Phi) is 3.37. The number of fused-ring (bicyclic) bond motifs is 1. The molecular formula is C14H20N2O2S. The molecular weight excluding hydrogens is 260 g/mol. The van der Waals surface area contributed by atoms with Gasteiger partial charge in [0, 0.05) is 18.6 Å². The highest BCUT2D eigenvalue weighted by molar-refractivity contribution is 7.89. The van der Waals surface area contributed by atoms with Crippen molar-refractivity contribution >= 4 is 10.0 Å². The maximum Gasteiger partial charge on any atom is 0.241 e. The number of nitrogens with zero attached hydrogens (tertiary/aromatic N) is 1. The number of sulfonamides is 1. The van der Waals surface area contributed by atoms with Gasteiger partial charge in [0.15, 0.2) is 0 Å². The van der Waals surface area contributed by atoms with Crippen LogP contribution in [0.25, 0.3) is 0 Å². The average molecular weight is 280 g/mol. The van der Waals surface area contributed by atoms with Crippen molar-refractivity contribution in [1.82, 2.24) is 9.62 Å². The van der Waals surface area contributed by atoms with Gasteiger partial charge in [-0.05, 0) is 44.4 Å². The maximum atomic E-state index is 12.5. The highest BCUT2D eigenvalue weighted by Gasteiger charge is 2.39. The lowest BCUT2D eigenvalue weighted by Gasteiger charge is -2.21. The van der Waals surface area contributed by atoms with E-state index in [-0.39, 0.29) is 6.04 Å². The number of nitrogens with one attached hydrogen (secondary N) is 1. The van der Waals surface area contributed by atoms with Gasteiger partial charge < -0.3 is 0 Å². The molecule has 1 N–H and O–H groups in total. The molecule has 0 aliphatic carbocycles. The van der Waals surface area contributed by atoms with Gasteiger partial charge in [-0.2, -0.15) is 0 Å². The molecule has 2 aliphatic rings. The lowest BCUT2D eigenvalue weighted by molar-refractivity contribution is 0.309. The molecule has 0 aromatic heterocycles. The van der Waals surface area contributed by atoms with E-state index in [2.05, 4.69) is 9.62 Å². The van der Waals surface area contributed by atoms with Crippen molar-refractivity contribution in [2.24, 2.45) is 0 Å². The van der Waals surface area contributed by atoms with Gasteiger partial charge in [-0.15, -0.1) is 0 Å². The van der Waals surface area contributed by atoms with Crippen molar-refractivity contribution < 1.29 is 8.42 Å². The van der Waals surface area contributed by atoms with Gasteiger partial charge in [-0.3, -0.25) is 4.90 Å². The Bertz CT molecular complexity index is 571. The van der Waals surface area contributed by atoms with E-state index in [1.807, 2.05) is 19.1 Å². The number of rotatable bonds is 3. The van der Waals surface area contributed by atoms with E-state index in [4.69, 9.17) is 0 Å². The highest BCUT2D eigenvalue weighted by atomic mass is 32.2. The molecule has 2 saturated heterocycles. The molecule has 1 aromatic rings. The number of benzene rings is 1. The van der Waals surface area contributed by atoms with Gasteiger partial charge in [-0.1, -0.05) is 18.2 Å². The first-order valence-electron chi connectivity index (χ1n) is 6.90. The van der Waals surface area contributed by atoms with Crippen LogP contribution in [0.2, 0.25) is 0 Å². The Balaban J connectivity index is 1.81. The monoisotopic (exact) mass is 280 g/mol. The Morgan fingerprint density at radius 1 is 1.21 bits per heavy atom. The van der Waals surface area contributed by atoms with E-state index in [9.17, 15) is 8.42 Å². The fourth-order valence-electron chi connectivity index (χ4n) is 3.34. The minimum absolute atomic E-state index is 0.0760. The Morgan fingerprint density at radius 3 is 2.79 bits per heavy atom. The first kappa shape index (κ1) is 13.1. The summed E-state index contributed by atoms with van der Waals surface area (Å²) in [5.74, 6) is 0. The first-order valence-corrected chi connectivity index (χ1v) is 8.38. The largest absolute Gasteiger partial charge is 0.299 e. The minimum Gasteiger partial charge on any atom is -0.299 e. The second-order valence-corrected chi connectivity index (χ2v) is 7.21. The van der Waals surface area contributed by atoms with Crippen molar-refractivity contribution in [3.05, 3.63) is 29.8 Å². The summed E-state index contributed by atoms with van der Waals surface area (Å²) in [6.07, 6.45) is 3.23. The third kappa shape index (κ3) is 2.42. The van der Waals surface area contributed by atoms with Crippen LogP contribution in [0, 0.1) is 6.92 Å². The normalized spacial score (nSPS) is 27.6. The topological polar surface area (TPSA) is 49.4 Å². The molecule has 2 heterocycles. The van der Waals surface area contributed by atoms with Crippen LogP contribution in [-0.2, 0) is 10.0 Å². The molecule has 0 bridgehead atoms. The predicted octanol–water partition coefficient (Wildman–Crippen LogP) is 1.51. The highest BCUT2D eigenvalue weighted by Crippen LogP contribution is 2.29. The Labute approximate surface area is 114 Å². The molecule has 4 nitrogen and oxygen atoms in total. The van der Waals surface area contributed by atoms with Gasteiger partial charge in [-0.25, -0.2) is 13.1 Å². The summed E-state index contributed by atoms with van der Waals surface area (Å²) >= 11 is 0. The molecule has 2 atom stereocenters. The fourth-order valence-corrected chi connectivity index (χ4v) is 4.89. The molecule has 1 aromatic carbocycles. The summed E-state index contributed by atoms with van der Waals surface area (Å²) in [5, 5.41) is 0. The van der Waals surface area contributed by atoms with E-state index in [0.717, 1.165) is 31.5 Å². The van der Waals surface area contributed by atoms with Crippen LogP contribution in [0.4, 0.5) is 0 Å². The Hall–Kier alpha value is -0.910. The maximum absolute atomic E-state index is 12.5. The van der Waals surface area contributed by atoms with E-state index < -0.39 is 10.0 Å². The second kappa shape index (κ2) is 4.89. The van der Waals surface area contributed by atoms with E-state index >= 15 is 0 Å². The lowest BCUT2D eigenvalue weighted by atomic mass is 10.1. The zero-order chi connectivity index (χ0) is 13.5. The van der Waals surface area contributed by atoms with Crippen molar-refractivity contribution in [1.29, 1.82) is 0 Å². The minimum atomic E-state index is -3.39. The number of hydrogen-bond donors (Lipinski definition) is 1. The summed E-state index contributed by atoms with van der Waals surface area (Å²) in [4.78, 5) is 2.82. The quantitative estimate of drug-likeness (QED) is 0.913. The third-order valence-electron chi connectivity index (χ3n) is 4.30. The smallest absolute Gasteiger partial charge is 0.241 e. The van der Waals surface area contributed by atoms with Crippen molar-refractivity contribution in [3.63, 3.8) is 0 Å². The van der Waals surface area contributed by atoms with Gasteiger partial charge in [0.2, 0.25) is 10.0 Å². The lowest BCUT2D eigenvalue weighted by Crippen LogP contribution is -2.42. The van der Waals surface area contributed by atoms with Crippen LogP contribution in [0.15, 0.2) is 29.2 Å². The summed E-state index contributed by atoms with van der Waals surface area (Å²) in [7, 11) is -3.39. The standard InChI is InChI=1S/C14H20N2O2S/c1-11-5-2-3-7-14(11)19(17,18)15-12-8-10-16-9-4-6-13(12)16/h2-3,5,7,12-13,15H,4,6,8-10H2,1H3. The summed E-state index contributed by atoms with van der Waals surface area (Å²) < 4.78 is 27.9. The van der Waals surface area contributed by atoms with Gasteiger partial charge in [0.1, 0.15) is 0 Å². The number of hydrogen-bond acceptors (Lipinski definition) is 3. The van der Waals surface area contributed by atoms with E-state index in [0.29, 0.717) is 10.9 Å². The molecule has 2 fully saturated rings. The van der Waals surface area contributed by atoms with Gasteiger partial charge >= 0.3 is 0 Å². The first-order chi connectivity index (χ1) is 9.08. The summed E-state index contributed by atoms with van der Waals surface area (Å²) in [6, 6.07) is 7.64. The summed E-state index contributed by atoms with van der Waals surface area (Å²) in [5.41, 5.74) is 0.802. The number of aryl methyl sites for hydroxylation is 1. The molecule has 2 aliphatic heterocycles. The molecule has 0 spiro atoms. The van der Waals surface area contributed by atoms with Crippen molar-refractivity contribution in [2.75, 3.05) is 13.1 Å². The predicted molar refractivity (Wildman–Crippen MR) is 74.5 cm³/mol. The van der Waals surface area contributed by atoms with Crippen molar-refractivity contribution in [2.45, 2.75) is 43.2 Å². The SMILES string of the molecule is Cc1ccccc1S(=O)(=O)NC1CCN2CCCC12. The van der Waals surface area contributed by atoms with E-state index in [1.54, 1.807) is 12.1 Å². The van der Waals surface area contributed by atoms with Crippen LogP contribution in [0.1, 0.15) is 24.8 Å². The second-order valence-electron chi connectivity index (χ2n) is 5.53. The average Bonchev–Trinajstić information content (AvgIpc) is 2.94. The molecule has 104 valence electrons. The molecule has 3 rings (SSSR count). The molecule has 5 heteroatoms. The molecule has 0 saturated carbocycles. The molecule has 19 heavy (non-hydrogen) atoms. The van der Waals surface area contributed by atoms with Crippen molar-refractivity contribution in [3.8, 4) is 0 Å². The van der Waals surface area contributed by atoms with Crippen LogP contribution in [0.5, 0.6) is 0 Å². The molecule has 2 unspecified atom stereocenters. The summed E-state index contributed by atoms with van der Waals surface area (Å²) in [6.45, 7) is 3.98. The molecule has 0 radical (unpaired) electrons. The zero-order valence-electron chi connectivity index (χ0n) is 11.2.